The largest absolute Gasteiger partial charge is 0.325 e. The van der Waals surface area contributed by atoms with Crippen LogP contribution in [0.25, 0.3) is 0 Å². The van der Waals surface area contributed by atoms with Crippen molar-refractivity contribution in [2.75, 3.05) is 26.2 Å². The Morgan fingerprint density at radius 1 is 1.33 bits per heavy atom. The van der Waals surface area contributed by atoms with E-state index in [1.807, 2.05) is 9.80 Å². The van der Waals surface area contributed by atoms with Crippen molar-refractivity contribution in [1.29, 1.82) is 0 Å². The van der Waals surface area contributed by atoms with Crippen LogP contribution in [0.5, 0.6) is 0 Å². The summed E-state index contributed by atoms with van der Waals surface area (Å²) in [7, 11) is 0. The van der Waals surface area contributed by atoms with Gasteiger partial charge in [0.15, 0.2) is 0 Å². The molecule has 3 nitrogen and oxygen atoms in total. The van der Waals surface area contributed by atoms with Crippen molar-refractivity contribution in [2.45, 2.75) is 40.0 Å². The number of rotatable bonds is 3. The Bertz CT molecular complexity index is 198. The Morgan fingerprint density at radius 2 is 1.93 bits per heavy atom. The lowest BCUT2D eigenvalue weighted by atomic mass is 9.99. The molecule has 0 spiro atoms. The number of hydrogen-bond acceptors (Lipinski definition) is 1. The monoisotopic (exact) mass is 212 g/mol. The molecule has 0 aliphatic carbocycles. The van der Waals surface area contributed by atoms with Crippen LogP contribution < -0.4 is 0 Å². The second-order valence-electron chi connectivity index (χ2n) is 4.53. The standard InChI is InChI=1S/C12H24N2O/c1-4-8-13(5-2)12(15)14-9-6-11(3)7-10-14/h11H,4-10H2,1-3H3. The van der Waals surface area contributed by atoms with Gasteiger partial charge in [0.25, 0.3) is 0 Å². The molecule has 0 aromatic rings. The molecule has 1 rings (SSSR count). The molecule has 0 unspecified atom stereocenters. The molecule has 1 fully saturated rings. The maximum Gasteiger partial charge on any atom is 0.319 e. The number of hydrogen-bond donors (Lipinski definition) is 0. The van der Waals surface area contributed by atoms with Gasteiger partial charge in [-0.2, -0.15) is 0 Å². The van der Waals surface area contributed by atoms with Crippen LogP contribution in [0.1, 0.15) is 40.0 Å². The lowest BCUT2D eigenvalue weighted by Crippen LogP contribution is -2.46. The topological polar surface area (TPSA) is 23.6 Å². The molecule has 0 atom stereocenters. The quantitative estimate of drug-likeness (QED) is 0.705. The van der Waals surface area contributed by atoms with E-state index in [4.69, 9.17) is 0 Å². The van der Waals surface area contributed by atoms with Gasteiger partial charge >= 0.3 is 6.03 Å². The molecular formula is C12H24N2O. The highest BCUT2D eigenvalue weighted by atomic mass is 16.2. The van der Waals surface area contributed by atoms with Crippen molar-refractivity contribution in [1.82, 2.24) is 9.80 Å². The van der Waals surface area contributed by atoms with Gasteiger partial charge in [0, 0.05) is 26.2 Å². The number of amides is 2. The molecule has 3 heteroatoms. The van der Waals surface area contributed by atoms with E-state index in [-0.39, 0.29) is 6.03 Å². The van der Waals surface area contributed by atoms with Crippen LogP contribution in [0.4, 0.5) is 4.79 Å². The number of piperidine rings is 1. The molecule has 88 valence electrons. The summed E-state index contributed by atoms with van der Waals surface area (Å²) in [5, 5.41) is 0. The average molecular weight is 212 g/mol. The predicted molar refractivity (Wildman–Crippen MR) is 62.9 cm³/mol. The Balaban J connectivity index is 2.44. The molecule has 0 aromatic heterocycles. The Hall–Kier alpha value is -0.730. The maximum absolute atomic E-state index is 12.1. The first-order valence-electron chi connectivity index (χ1n) is 6.22. The molecule has 0 aromatic carbocycles. The van der Waals surface area contributed by atoms with Crippen LogP contribution in [0, 0.1) is 5.92 Å². The van der Waals surface area contributed by atoms with E-state index in [1.54, 1.807) is 0 Å². The Morgan fingerprint density at radius 3 is 2.40 bits per heavy atom. The first-order chi connectivity index (χ1) is 7.19. The predicted octanol–water partition coefficient (Wildman–Crippen LogP) is 2.57. The fourth-order valence-electron chi connectivity index (χ4n) is 2.06. The summed E-state index contributed by atoms with van der Waals surface area (Å²) < 4.78 is 0. The van der Waals surface area contributed by atoms with Crippen molar-refractivity contribution in [3.63, 3.8) is 0 Å². The highest BCUT2D eigenvalue weighted by Gasteiger charge is 2.23. The van der Waals surface area contributed by atoms with Crippen LogP contribution in [-0.2, 0) is 0 Å². The zero-order valence-electron chi connectivity index (χ0n) is 10.3. The van der Waals surface area contributed by atoms with Crippen LogP contribution in [0.2, 0.25) is 0 Å². The lowest BCUT2D eigenvalue weighted by Gasteiger charge is -2.34. The van der Waals surface area contributed by atoms with Gasteiger partial charge in [-0.15, -0.1) is 0 Å². The third kappa shape index (κ3) is 3.40. The third-order valence-electron chi connectivity index (χ3n) is 3.20. The number of carbonyl (C=O) groups excluding carboxylic acids is 1. The molecule has 0 saturated carbocycles. The molecule has 2 amide bonds. The minimum Gasteiger partial charge on any atom is -0.325 e. The molecule has 1 heterocycles. The second-order valence-corrected chi connectivity index (χ2v) is 4.53. The van der Waals surface area contributed by atoms with Gasteiger partial charge in [-0.1, -0.05) is 13.8 Å². The van der Waals surface area contributed by atoms with Crippen molar-refractivity contribution < 1.29 is 4.79 Å². The fourth-order valence-corrected chi connectivity index (χ4v) is 2.06. The van der Waals surface area contributed by atoms with E-state index in [0.717, 1.165) is 51.4 Å². The van der Waals surface area contributed by atoms with Gasteiger partial charge in [0.1, 0.15) is 0 Å². The normalized spacial score (nSPS) is 17.9. The van der Waals surface area contributed by atoms with E-state index in [1.165, 1.54) is 0 Å². The summed E-state index contributed by atoms with van der Waals surface area (Å²) in [5.41, 5.74) is 0. The van der Waals surface area contributed by atoms with Gasteiger partial charge in [-0.3, -0.25) is 0 Å². The van der Waals surface area contributed by atoms with Gasteiger partial charge in [-0.05, 0) is 32.1 Å². The summed E-state index contributed by atoms with van der Waals surface area (Å²) >= 11 is 0. The molecule has 1 aliphatic heterocycles. The minimum atomic E-state index is 0.242. The van der Waals surface area contributed by atoms with Gasteiger partial charge < -0.3 is 9.80 Å². The molecule has 1 aliphatic rings. The highest BCUT2D eigenvalue weighted by Crippen LogP contribution is 2.17. The van der Waals surface area contributed by atoms with Gasteiger partial charge in [0.05, 0.1) is 0 Å². The summed E-state index contributed by atoms with van der Waals surface area (Å²) in [6.07, 6.45) is 3.37. The maximum atomic E-state index is 12.1. The Kier molecular flexibility index (Phi) is 4.92. The van der Waals surface area contributed by atoms with E-state index >= 15 is 0 Å². The zero-order chi connectivity index (χ0) is 11.3. The molecule has 15 heavy (non-hydrogen) atoms. The van der Waals surface area contributed by atoms with Crippen molar-refractivity contribution in [3.8, 4) is 0 Å². The number of nitrogens with zero attached hydrogens (tertiary/aromatic N) is 2. The van der Waals surface area contributed by atoms with E-state index < -0.39 is 0 Å². The van der Waals surface area contributed by atoms with Crippen molar-refractivity contribution in [3.05, 3.63) is 0 Å². The Labute approximate surface area is 93.4 Å². The van der Waals surface area contributed by atoms with Crippen LogP contribution in [0.3, 0.4) is 0 Å². The first kappa shape index (κ1) is 12.3. The van der Waals surface area contributed by atoms with Crippen molar-refractivity contribution >= 4 is 6.03 Å². The van der Waals surface area contributed by atoms with Gasteiger partial charge in [-0.25, -0.2) is 4.79 Å². The molecular weight excluding hydrogens is 188 g/mol. The molecule has 0 bridgehead atoms. The smallest absolute Gasteiger partial charge is 0.319 e. The fraction of sp³-hybridized carbons (Fsp3) is 0.917. The van der Waals surface area contributed by atoms with Crippen molar-refractivity contribution in [2.24, 2.45) is 5.92 Å². The number of urea groups is 1. The summed E-state index contributed by atoms with van der Waals surface area (Å²) in [6.45, 7) is 10.1. The molecule has 0 radical (unpaired) electrons. The SMILES string of the molecule is CCCN(CC)C(=O)N1CCC(C)CC1. The number of carbonyl (C=O) groups is 1. The summed E-state index contributed by atoms with van der Waals surface area (Å²) in [4.78, 5) is 16.0. The average Bonchev–Trinajstić information content (AvgIpc) is 2.26. The third-order valence-corrected chi connectivity index (χ3v) is 3.20. The zero-order valence-corrected chi connectivity index (χ0v) is 10.3. The van der Waals surface area contributed by atoms with Gasteiger partial charge in [0.2, 0.25) is 0 Å². The van der Waals surface area contributed by atoms with E-state index in [2.05, 4.69) is 20.8 Å². The molecule has 0 N–H and O–H groups in total. The summed E-state index contributed by atoms with van der Waals surface area (Å²) in [6, 6.07) is 0.242. The van der Waals surface area contributed by atoms with E-state index in [9.17, 15) is 4.79 Å². The van der Waals surface area contributed by atoms with Crippen LogP contribution in [-0.4, -0.2) is 42.0 Å². The van der Waals surface area contributed by atoms with E-state index in [0.29, 0.717) is 0 Å². The summed E-state index contributed by atoms with van der Waals surface area (Å²) in [5.74, 6) is 0.787. The van der Waals surface area contributed by atoms with Crippen LogP contribution >= 0.6 is 0 Å². The minimum absolute atomic E-state index is 0.242. The number of likely N-dealkylation sites (tertiary alicyclic amines) is 1. The first-order valence-corrected chi connectivity index (χ1v) is 6.22. The second kappa shape index (κ2) is 5.99. The van der Waals surface area contributed by atoms with Crippen LogP contribution in [0.15, 0.2) is 0 Å². The lowest BCUT2D eigenvalue weighted by molar-refractivity contribution is 0.136. The molecule has 1 saturated heterocycles. The highest BCUT2D eigenvalue weighted by molar-refractivity contribution is 5.74.